The second-order valence-electron chi connectivity index (χ2n) is 15.2. The molecule has 264 valence electrons. The first kappa shape index (κ1) is 34.2. The van der Waals surface area contributed by atoms with E-state index in [0.717, 1.165) is 73.1 Å². The molecule has 8 rings (SSSR count). The topological polar surface area (TPSA) is 45.9 Å². The number of aromatic nitrogens is 2. The van der Waals surface area contributed by atoms with Gasteiger partial charge in [0.2, 0.25) is 0 Å². The highest BCUT2D eigenvalue weighted by atomic mass is 16.5. The Balaban J connectivity index is 1.11. The number of rotatable bonds is 8. The minimum atomic E-state index is -0.195. The zero-order chi connectivity index (χ0) is 36.6. The summed E-state index contributed by atoms with van der Waals surface area (Å²) in [6.07, 6.45) is 7.69. The van der Waals surface area contributed by atoms with Crippen LogP contribution in [0.1, 0.15) is 73.9 Å². The number of fused-ring (bicyclic) bond motifs is 2. The first-order valence-electron chi connectivity index (χ1n) is 18.7. The molecule has 4 aromatic carbocycles. The molecule has 6 nitrogen and oxygen atoms in total. The molecule has 0 saturated carbocycles. The Hall–Kier alpha value is -5.93. The Morgan fingerprint density at radius 2 is 1.13 bits per heavy atom. The summed E-state index contributed by atoms with van der Waals surface area (Å²) in [5.74, 6) is 3.21. The lowest BCUT2D eigenvalue weighted by molar-refractivity contribution is 0.482. The fraction of sp³-hybridized carbons (Fsp3) is 0.255. The average molecular weight is 696 g/mol. The predicted octanol–water partition coefficient (Wildman–Crippen LogP) is 11.6. The van der Waals surface area contributed by atoms with Gasteiger partial charge >= 0.3 is 0 Å². The first-order valence-corrected chi connectivity index (χ1v) is 18.7. The van der Waals surface area contributed by atoms with Crippen molar-refractivity contribution in [2.75, 3.05) is 22.9 Å². The molecule has 2 aliphatic heterocycles. The van der Waals surface area contributed by atoms with Gasteiger partial charge < -0.3 is 14.5 Å². The van der Waals surface area contributed by atoms with Crippen LogP contribution >= 0.6 is 0 Å². The zero-order valence-corrected chi connectivity index (χ0v) is 31.0. The Bertz CT molecular complexity index is 2310. The number of benzene rings is 4. The second-order valence-corrected chi connectivity index (χ2v) is 15.2. The van der Waals surface area contributed by atoms with Gasteiger partial charge in [-0.25, -0.2) is 14.8 Å². The molecular weight excluding hydrogens is 651 g/mol. The van der Waals surface area contributed by atoms with E-state index >= 15 is 0 Å². The van der Waals surface area contributed by atoms with E-state index in [1.165, 1.54) is 27.8 Å². The third kappa shape index (κ3) is 6.53. The molecule has 0 saturated heterocycles. The van der Waals surface area contributed by atoms with Gasteiger partial charge in [0, 0.05) is 59.8 Å². The molecule has 0 aliphatic carbocycles. The molecule has 2 aromatic heterocycles. The van der Waals surface area contributed by atoms with E-state index in [4.69, 9.17) is 21.3 Å². The van der Waals surface area contributed by atoms with Crippen LogP contribution in [0.4, 0.5) is 28.7 Å². The van der Waals surface area contributed by atoms with E-state index in [-0.39, 0.29) is 10.8 Å². The SMILES string of the molecule is [C-]#[N+]c1cc(Oc2ccc3c(c2)N(c2cc(C(C)(C)c4ccccc4)ccn2)CCC3)cc2c1CCCN2c1cc(C(C)(C)c2ccccc2)ccn1. The Morgan fingerprint density at radius 3 is 1.72 bits per heavy atom. The van der Waals surface area contributed by atoms with E-state index in [9.17, 15) is 0 Å². The van der Waals surface area contributed by atoms with E-state index < -0.39 is 0 Å². The lowest BCUT2D eigenvalue weighted by Crippen LogP contribution is -2.26. The van der Waals surface area contributed by atoms with Crippen LogP contribution in [0.2, 0.25) is 0 Å². The van der Waals surface area contributed by atoms with Crippen molar-refractivity contribution in [2.45, 2.75) is 64.2 Å². The number of aryl methyl sites for hydroxylation is 1. The second kappa shape index (κ2) is 13.9. The molecule has 0 radical (unpaired) electrons. The maximum atomic E-state index is 8.13. The third-order valence-electron chi connectivity index (χ3n) is 11.3. The Labute approximate surface area is 313 Å². The molecular formula is C47H45N5O. The van der Waals surface area contributed by atoms with Crippen LogP contribution in [0, 0.1) is 6.57 Å². The van der Waals surface area contributed by atoms with Crippen LogP contribution in [0.15, 0.2) is 128 Å². The Morgan fingerprint density at radius 1 is 0.585 bits per heavy atom. The van der Waals surface area contributed by atoms with Gasteiger partial charge in [0.05, 0.1) is 6.57 Å². The van der Waals surface area contributed by atoms with Crippen LogP contribution in [0.5, 0.6) is 11.5 Å². The van der Waals surface area contributed by atoms with Crippen molar-refractivity contribution in [3.63, 3.8) is 0 Å². The van der Waals surface area contributed by atoms with E-state index in [0.29, 0.717) is 11.4 Å². The molecule has 0 spiro atoms. The molecule has 0 bridgehead atoms. The van der Waals surface area contributed by atoms with Crippen molar-refractivity contribution in [1.29, 1.82) is 0 Å². The number of nitrogens with zero attached hydrogens (tertiary/aromatic N) is 5. The lowest BCUT2D eigenvalue weighted by Gasteiger charge is -2.33. The highest BCUT2D eigenvalue weighted by molar-refractivity contribution is 5.76. The van der Waals surface area contributed by atoms with Crippen LogP contribution in [0.25, 0.3) is 4.85 Å². The van der Waals surface area contributed by atoms with Crippen LogP contribution in [-0.2, 0) is 23.7 Å². The fourth-order valence-electron chi connectivity index (χ4n) is 7.99. The van der Waals surface area contributed by atoms with Gasteiger partial charge in [0.25, 0.3) is 0 Å². The minimum absolute atomic E-state index is 0.168. The van der Waals surface area contributed by atoms with Crippen molar-refractivity contribution in [3.05, 3.63) is 172 Å². The van der Waals surface area contributed by atoms with Gasteiger partial charge in [-0.05, 0) is 95.5 Å². The van der Waals surface area contributed by atoms with Gasteiger partial charge in [0.15, 0.2) is 5.69 Å². The quantitative estimate of drug-likeness (QED) is 0.148. The maximum absolute atomic E-state index is 8.13. The normalized spacial score (nSPS) is 14.2. The first-order chi connectivity index (χ1) is 25.7. The number of hydrogen-bond acceptors (Lipinski definition) is 5. The molecule has 4 heterocycles. The molecule has 6 heteroatoms. The van der Waals surface area contributed by atoms with Crippen molar-refractivity contribution in [2.24, 2.45) is 0 Å². The summed E-state index contributed by atoms with van der Waals surface area (Å²) in [5.41, 5.74) is 9.64. The van der Waals surface area contributed by atoms with E-state index in [2.05, 4.69) is 152 Å². The van der Waals surface area contributed by atoms with Gasteiger partial charge in [-0.15, -0.1) is 0 Å². The molecule has 0 amide bonds. The summed E-state index contributed by atoms with van der Waals surface area (Å²) in [4.78, 5) is 18.3. The summed E-state index contributed by atoms with van der Waals surface area (Å²) in [6, 6.07) is 40.3. The van der Waals surface area contributed by atoms with Crippen molar-refractivity contribution >= 4 is 28.7 Å². The number of hydrogen-bond donors (Lipinski definition) is 0. The zero-order valence-electron chi connectivity index (χ0n) is 31.0. The maximum Gasteiger partial charge on any atom is 0.196 e. The minimum Gasteiger partial charge on any atom is -0.459 e. The molecule has 6 aromatic rings. The smallest absolute Gasteiger partial charge is 0.196 e. The van der Waals surface area contributed by atoms with Crippen molar-refractivity contribution in [3.8, 4) is 11.5 Å². The van der Waals surface area contributed by atoms with E-state index in [1.54, 1.807) is 0 Å². The van der Waals surface area contributed by atoms with Gasteiger partial charge in [0.1, 0.15) is 23.1 Å². The van der Waals surface area contributed by atoms with Gasteiger partial charge in [-0.2, -0.15) is 0 Å². The summed E-state index contributed by atoms with van der Waals surface area (Å²) in [6.45, 7) is 18.9. The highest BCUT2D eigenvalue weighted by Gasteiger charge is 2.29. The van der Waals surface area contributed by atoms with Crippen LogP contribution in [-0.4, -0.2) is 23.1 Å². The number of ether oxygens (including phenoxy) is 1. The van der Waals surface area contributed by atoms with Crippen molar-refractivity contribution in [1.82, 2.24) is 9.97 Å². The number of pyridine rings is 2. The largest absolute Gasteiger partial charge is 0.459 e. The molecule has 53 heavy (non-hydrogen) atoms. The summed E-state index contributed by atoms with van der Waals surface area (Å²) >= 11 is 0. The third-order valence-corrected chi connectivity index (χ3v) is 11.3. The summed E-state index contributed by atoms with van der Waals surface area (Å²) in [5, 5.41) is 0. The van der Waals surface area contributed by atoms with Crippen LogP contribution in [0.3, 0.4) is 0 Å². The lowest BCUT2D eigenvalue weighted by atomic mass is 9.78. The Kier molecular flexibility index (Phi) is 8.96. The standard InChI is InChI=1S/C47H45N5O/c1-46(2,34-15-8-6-9-16-34)36-22-24-49-44(28-36)51-26-12-14-33-20-21-38(31-42(33)51)53-39-30-41(48-5)40-19-13-27-52(43(40)32-39)45-29-37(23-25-50-45)47(3,4)35-17-10-7-11-18-35/h6-11,15-18,20-25,28-32H,12-14,19,26-27H2,1-4H3. The molecule has 0 unspecified atom stereocenters. The summed E-state index contributed by atoms with van der Waals surface area (Å²) in [7, 11) is 0. The molecule has 2 aliphatic rings. The van der Waals surface area contributed by atoms with E-state index in [1.807, 2.05) is 18.5 Å². The fourth-order valence-corrected chi connectivity index (χ4v) is 7.99. The molecule has 0 N–H and O–H groups in total. The predicted molar refractivity (Wildman–Crippen MR) is 215 cm³/mol. The monoisotopic (exact) mass is 695 g/mol. The van der Waals surface area contributed by atoms with Gasteiger partial charge in [-0.3, -0.25) is 0 Å². The highest BCUT2D eigenvalue weighted by Crippen LogP contribution is 2.44. The van der Waals surface area contributed by atoms with Crippen molar-refractivity contribution < 1.29 is 4.74 Å². The molecule has 0 atom stereocenters. The van der Waals surface area contributed by atoms with Crippen LogP contribution < -0.4 is 14.5 Å². The van der Waals surface area contributed by atoms with Gasteiger partial charge in [-0.1, -0.05) is 94.4 Å². The average Bonchev–Trinajstić information content (AvgIpc) is 3.21. The molecule has 0 fully saturated rings. The number of anilines is 4. The summed E-state index contributed by atoms with van der Waals surface area (Å²) < 4.78 is 6.66.